The number of thiazole rings is 1. The molecule has 1 aromatic rings. The van der Waals surface area contributed by atoms with Crippen LogP contribution in [0.3, 0.4) is 0 Å². The van der Waals surface area contributed by atoms with Gasteiger partial charge in [0, 0.05) is 0 Å². The molecule has 0 radical (unpaired) electrons. The summed E-state index contributed by atoms with van der Waals surface area (Å²) in [6.45, 7) is 3.51. The SMILES string of the molecule is Cc1nc(C)c(OC(=O)O)s1. The molecule has 1 heterocycles. The summed E-state index contributed by atoms with van der Waals surface area (Å²) in [7, 11) is 0. The van der Waals surface area contributed by atoms with E-state index in [-0.39, 0.29) is 0 Å². The fourth-order valence-electron chi connectivity index (χ4n) is 0.687. The smallest absolute Gasteiger partial charge is 0.449 e. The maximum absolute atomic E-state index is 10.1. The van der Waals surface area contributed by atoms with Crippen LogP contribution < -0.4 is 4.74 Å². The quantitative estimate of drug-likeness (QED) is 0.658. The third-order valence-corrected chi connectivity index (χ3v) is 1.99. The molecule has 0 amide bonds. The average Bonchev–Trinajstić information content (AvgIpc) is 2.09. The van der Waals surface area contributed by atoms with Crippen molar-refractivity contribution in [2.45, 2.75) is 13.8 Å². The van der Waals surface area contributed by atoms with Crippen LogP contribution in [0.5, 0.6) is 5.06 Å². The molecule has 4 nitrogen and oxygen atoms in total. The Bertz CT molecular complexity index is 281. The highest BCUT2D eigenvalue weighted by atomic mass is 32.1. The fourth-order valence-corrected chi connectivity index (χ4v) is 1.44. The average molecular weight is 173 g/mol. The molecular weight excluding hydrogens is 166 g/mol. The summed E-state index contributed by atoms with van der Waals surface area (Å²) < 4.78 is 4.44. The van der Waals surface area contributed by atoms with E-state index in [1.54, 1.807) is 13.8 Å². The van der Waals surface area contributed by atoms with E-state index >= 15 is 0 Å². The molecule has 1 aromatic heterocycles. The molecule has 0 saturated carbocycles. The first-order valence-corrected chi connectivity index (χ1v) is 3.76. The first kappa shape index (κ1) is 8.00. The summed E-state index contributed by atoms with van der Waals surface area (Å²) in [4.78, 5) is 14.1. The Morgan fingerprint density at radius 2 is 2.27 bits per heavy atom. The number of hydrogen-bond donors (Lipinski definition) is 1. The summed E-state index contributed by atoms with van der Waals surface area (Å²) in [5.41, 5.74) is 0.620. The van der Waals surface area contributed by atoms with Crippen LogP contribution in [-0.4, -0.2) is 16.2 Å². The Morgan fingerprint density at radius 3 is 2.64 bits per heavy atom. The lowest BCUT2D eigenvalue weighted by Gasteiger charge is -1.92. The van der Waals surface area contributed by atoms with Crippen LogP contribution in [0.25, 0.3) is 0 Å². The van der Waals surface area contributed by atoms with E-state index in [0.717, 1.165) is 5.01 Å². The molecule has 60 valence electrons. The van der Waals surface area contributed by atoms with E-state index < -0.39 is 6.16 Å². The second kappa shape index (κ2) is 2.87. The van der Waals surface area contributed by atoms with Gasteiger partial charge in [0.25, 0.3) is 0 Å². The fraction of sp³-hybridized carbons (Fsp3) is 0.333. The number of carboxylic acid groups (broad SMARTS) is 1. The lowest BCUT2D eigenvalue weighted by molar-refractivity contribution is 0.145. The predicted octanol–water partition coefficient (Wildman–Crippen LogP) is 1.82. The number of hydrogen-bond acceptors (Lipinski definition) is 4. The van der Waals surface area contributed by atoms with Crippen LogP contribution in [0.1, 0.15) is 10.7 Å². The summed E-state index contributed by atoms with van der Waals surface area (Å²) in [5, 5.41) is 9.42. The molecule has 0 aliphatic rings. The number of ether oxygens (including phenoxy) is 1. The number of aromatic nitrogens is 1. The van der Waals surface area contributed by atoms with E-state index in [0.29, 0.717) is 10.8 Å². The molecule has 0 unspecified atom stereocenters. The van der Waals surface area contributed by atoms with Crippen molar-refractivity contribution < 1.29 is 14.6 Å². The third kappa shape index (κ3) is 1.91. The minimum Gasteiger partial charge on any atom is -0.449 e. The highest BCUT2D eigenvalue weighted by Gasteiger charge is 2.08. The van der Waals surface area contributed by atoms with Crippen molar-refractivity contribution in [1.82, 2.24) is 4.98 Å². The van der Waals surface area contributed by atoms with E-state index in [1.807, 2.05) is 0 Å². The molecular formula is C6H7NO3S. The highest BCUT2D eigenvalue weighted by molar-refractivity contribution is 7.13. The van der Waals surface area contributed by atoms with E-state index in [1.165, 1.54) is 11.3 Å². The van der Waals surface area contributed by atoms with E-state index in [9.17, 15) is 4.79 Å². The van der Waals surface area contributed by atoms with Crippen LogP contribution in [0.2, 0.25) is 0 Å². The highest BCUT2D eigenvalue weighted by Crippen LogP contribution is 2.25. The molecule has 0 bridgehead atoms. The zero-order valence-corrected chi connectivity index (χ0v) is 6.94. The van der Waals surface area contributed by atoms with Gasteiger partial charge in [-0.2, -0.15) is 0 Å². The van der Waals surface area contributed by atoms with Crippen LogP contribution >= 0.6 is 11.3 Å². The van der Waals surface area contributed by atoms with Gasteiger partial charge in [-0.25, -0.2) is 9.78 Å². The second-order valence-electron chi connectivity index (χ2n) is 1.97. The normalized spacial score (nSPS) is 9.64. The molecule has 0 spiro atoms. The second-order valence-corrected chi connectivity index (χ2v) is 3.14. The first-order valence-electron chi connectivity index (χ1n) is 2.94. The molecule has 1 rings (SSSR count). The van der Waals surface area contributed by atoms with Gasteiger partial charge in [-0.3, -0.25) is 0 Å². The maximum atomic E-state index is 10.1. The number of rotatable bonds is 1. The van der Waals surface area contributed by atoms with Crippen molar-refractivity contribution in [2.75, 3.05) is 0 Å². The van der Waals surface area contributed by atoms with Gasteiger partial charge in [0.1, 0.15) is 0 Å². The van der Waals surface area contributed by atoms with Gasteiger partial charge in [0.05, 0.1) is 10.7 Å². The van der Waals surface area contributed by atoms with Crippen molar-refractivity contribution in [3.05, 3.63) is 10.7 Å². The third-order valence-electron chi connectivity index (χ3n) is 1.04. The van der Waals surface area contributed by atoms with Crippen LogP contribution in [0, 0.1) is 13.8 Å². The molecule has 5 heteroatoms. The Labute approximate surface area is 67.5 Å². The Hall–Kier alpha value is -1.10. The number of carbonyl (C=O) groups is 1. The van der Waals surface area contributed by atoms with Gasteiger partial charge in [0.15, 0.2) is 0 Å². The van der Waals surface area contributed by atoms with Gasteiger partial charge in [-0.05, 0) is 13.8 Å². The van der Waals surface area contributed by atoms with E-state index in [2.05, 4.69) is 9.72 Å². The largest absolute Gasteiger partial charge is 0.512 e. The maximum Gasteiger partial charge on any atom is 0.512 e. The van der Waals surface area contributed by atoms with Crippen molar-refractivity contribution in [3.8, 4) is 5.06 Å². The monoisotopic (exact) mass is 173 g/mol. The Kier molecular flexibility index (Phi) is 2.09. The van der Waals surface area contributed by atoms with E-state index in [4.69, 9.17) is 5.11 Å². The lowest BCUT2D eigenvalue weighted by atomic mass is 10.5. The molecule has 0 aliphatic carbocycles. The minimum absolute atomic E-state index is 0.356. The zero-order chi connectivity index (χ0) is 8.43. The lowest BCUT2D eigenvalue weighted by Crippen LogP contribution is -2.02. The van der Waals surface area contributed by atoms with Crippen LogP contribution in [0.15, 0.2) is 0 Å². The first-order chi connectivity index (χ1) is 5.09. The summed E-state index contributed by atoms with van der Waals surface area (Å²) in [6.07, 6.45) is -1.29. The summed E-state index contributed by atoms with van der Waals surface area (Å²) in [5.74, 6) is 0. The zero-order valence-electron chi connectivity index (χ0n) is 6.12. The Morgan fingerprint density at radius 1 is 1.64 bits per heavy atom. The van der Waals surface area contributed by atoms with Gasteiger partial charge in [-0.1, -0.05) is 11.3 Å². The molecule has 11 heavy (non-hydrogen) atoms. The van der Waals surface area contributed by atoms with Crippen LogP contribution in [0.4, 0.5) is 4.79 Å². The van der Waals surface area contributed by atoms with Gasteiger partial charge < -0.3 is 9.84 Å². The standard InChI is InChI=1S/C6H7NO3S/c1-3-5(10-6(8)9)11-4(2)7-3/h1-2H3,(H,8,9). The molecule has 0 fully saturated rings. The van der Waals surface area contributed by atoms with Crippen LogP contribution in [-0.2, 0) is 0 Å². The summed E-state index contributed by atoms with van der Waals surface area (Å²) >= 11 is 1.23. The molecule has 0 aromatic carbocycles. The van der Waals surface area contributed by atoms with Gasteiger partial charge in [0.2, 0.25) is 5.06 Å². The van der Waals surface area contributed by atoms with Crippen molar-refractivity contribution in [1.29, 1.82) is 0 Å². The topological polar surface area (TPSA) is 59.4 Å². The predicted molar refractivity (Wildman–Crippen MR) is 40.2 cm³/mol. The molecule has 0 saturated heterocycles. The van der Waals surface area contributed by atoms with Gasteiger partial charge in [-0.15, -0.1) is 0 Å². The minimum atomic E-state index is -1.29. The van der Waals surface area contributed by atoms with Crippen molar-refractivity contribution in [2.24, 2.45) is 0 Å². The molecule has 0 aliphatic heterocycles. The number of aryl methyl sites for hydroxylation is 2. The molecule has 0 atom stereocenters. The Balaban J connectivity index is 2.85. The number of nitrogens with zero attached hydrogens (tertiary/aromatic N) is 1. The summed E-state index contributed by atoms with van der Waals surface area (Å²) in [6, 6.07) is 0. The van der Waals surface area contributed by atoms with Crippen molar-refractivity contribution >= 4 is 17.5 Å². The molecule has 1 N–H and O–H groups in total. The van der Waals surface area contributed by atoms with Crippen molar-refractivity contribution in [3.63, 3.8) is 0 Å². The van der Waals surface area contributed by atoms with Gasteiger partial charge >= 0.3 is 6.16 Å².